The quantitative estimate of drug-likeness (QED) is 0.0645. The van der Waals surface area contributed by atoms with E-state index in [9.17, 15) is 14.9 Å². The van der Waals surface area contributed by atoms with Crippen LogP contribution in [-0.2, 0) is 0 Å². The molecule has 90 heavy (non-hydrogen) atoms. The van der Waals surface area contributed by atoms with Crippen LogP contribution in [0.4, 0.5) is 44.6 Å². The second kappa shape index (κ2) is 27.0. The molecule has 12 aromatic rings. The van der Waals surface area contributed by atoms with Gasteiger partial charge >= 0.3 is 5.82 Å². The maximum absolute atomic E-state index is 12.7. The fraction of sp³-hybridized carbons (Fsp3) is 0.0526. The van der Waals surface area contributed by atoms with Crippen molar-refractivity contribution in [1.82, 2.24) is 9.97 Å². The van der Waals surface area contributed by atoms with Gasteiger partial charge in [0.2, 0.25) is 11.6 Å². The van der Waals surface area contributed by atoms with Gasteiger partial charge in [0.15, 0.2) is 11.2 Å². The number of nitriles is 2. The van der Waals surface area contributed by atoms with Gasteiger partial charge in [-0.3, -0.25) is 14.3 Å². The number of nitrogens with zero attached hydrogens (tertiary/aromatic N) is 8. The van der Waals surface area contributed by atoms with Gasteiger partial charge < -0.3 is 31.0 Å². The van der Waals surface area contributed by atoms with Crippen molar-refractivity contribution in [2.45, 2.75) is 27.7 Å². The molecule has 1 heterocycles. The molecular formula is C76H56ClFN10O2. The van der Waals surface area contributed by atoms with Gasteiger partial charge in [-0.2, -0.15) is 10.5 Å². The number of benzene rings is 11. The third-order valence-corrected chi connectivity index (χ3v) is 15.4. The number of hydrogen-bond acceptors (Lipinski definition) is 10. The van der Waals surface area contributed by atoms with E-state index in [0.717, 1.165) is 89.0 Å². The van der Waals surface area contributed by atoms with E-state index in [4.69, 9.17) is 29.9 Å². The molecule has 11 aromatic carbocycles. The minimum atomic E-state index is -0.442. The minimum absolute atomic E-state index is 0. The number of carbonyl (C=O) groups excluding carboxylic acids is 2. The average Bonchev–Trinajstić information content (AvgIpc) is 0.751. The lowest BCUT2D eigenvalue weighted by Crippen LogP contribution is -2.21. The molecule has 0 aliphatic heterocycles. The second-order valence-electron chi connectivity index (χ2n) is 21.2. The van der Waals surface area contributed by atoms with Gasteiger partial charge in [0.05, 0.1) is 0 Å². The van der Waals surface area contributed by atoms with Gasteiger partial charge in [-0.05, 0) is 169 Å². The molecule has 0 unspecified atom stereocenters. The summed E-state index contributed by atoms with van der Waals surface area (Å²) in [5, 5.41) is 21.5. The Morgan fingerprint density at radius 3 is 1.22 bits per heavy atom. The monoisotopic (exact) mass is 1190 g/mol. The van der Waals surface area contributed by atoms with Crippen molar-refractivity contribution in [3.63, 3.8) is 0 Å². The Labute approximate surface area is 526 Å². The molecule has 4 N–H and O–H groups in total. The third kappa shape index (κ3) is 12.5. The zero-order valence-electron chi connectivity index (χ0n) is 49.3. The Morgan fingerprint density at radius 2 is 0.800 bits per heavy atom. The molecule has 1 aliphatic rings. The standard InChI is InChI=1S/C38H25N5.C34H25NO2.C4H4N4.ClH.FH/c1-24-8-15-28(16-9-24)43(29-17-10-25(2)11-18-29)30-19-12-26(13-20-30)27-14-21-33-34(22-27)31-6-4-5-7-32(31)37-36(33)41-35(23-39)38(40-3)42-37;1-22-7-14-26(15-8-22)35(27-16-9-23(2)10-17-27)28-18-11-24(12-19-28)25-13-20-31-32(21-25)29-5-3-4-6-30(29)33(36)34(31)37;1-8-4(7)3(6)2-5;;/h4-22H,1-2H3;3-21H,1-2H3;6-7H2;2*1H/b;;4-3+;;. The van der Waals surface area contributed by atoms with Gasteiger partial charge in [0.25, 0.3) is 5.82 Å². The Morgan fingerprint density at radius 1 is 0.433 bits per heavy atom. The molecule has 0 bridgehead atoms. The van der Waals surface area contributed by atoms with Gasteiger partial charge in [-0.25, -0.2) is 4.98 Å². The summed E-state index contributed by atoms with van der Waals surface area (Å²) < 4.78 is 0. The molecule has 0 saturated carbocycles. The van der Waals surface area contributed by atoms with E-state index in [0.29, 0.717) is 22.2 Å². The minimum Gasteiger partial charge on any atom is -0.398 e. The first-order chi connectivity index (χ1) is 42.7. The molecule has 12 nitrogen and oxygen atoms in total. The molecule has 14 heteroatoms. The summed E-state index contributed by atoms with van der Waals surface area (Å²) in [7, 11) is 0. The van der Waals surface area contributed by atoms with Gasteiger partial charge in [-0.1, -0.05) is 169 Å². The van der Waals surface area contributed by atoms with Crippen molar-refractivity contribution in [3.05, 3.63) is 304 Å². The third-order valence-electron chi connectivity index (χ3n) is 15.4. The van der Waals surface area contributed by atoms with Crippen LogP contribution in [0, 0.1) is 63.5 Å². The van der Waals surface area contributed by atoms with E-state index >= 15 is 0 Å². The van der Waals surface area contributed by atoms with Crippen LogP contribution in [0.3, 0.4) is 0 Å². The van der Waals surface area contributed by atoms with E-state index in [1.54, 1.807) is 18.2 Å². The average molecular weight is 1200 g/mol. The summed E-state index contributed by atoms with van der Waals surface area (Å²) in [4.78, 5) is 45.1. The van der Waals surface area contributed by atoms with Crippen molar-refractivity contribution in [2.75, 3.05) is 9.80 Å². The number of rotatable bonds is 8. The Bertz CT molecular complexity index is 4820. The first-order valence-electron chi connectivity index (χ1n) is 28.1. The van der Waals surface area contributed by atoms with Crippen LogP contribution < -0.4 is 21.3 Å². The molecule has 0 spiro atoms. The molecule has 0 atom stereocenters. The van der Waals surface area contributed by atoms with Crippen molar-refractivity contribution < 1.29 is 14.3 Å². The van der Waals surface area contributed by atoms with Crippen molar-refractivity contribution in [2.24, 2.45) is 11.5 Å². The van der Waals surface area contributed by atoms with E-state index in [2.05, 4.69) is 221 Å². The van der Waals surface area contributed by atoms with E-state index < -0.39 is 11.6 Å². The van der Waals surface area contributed by atoms with Crippen LogP contribution >= 0.6 is 12.4 Å². The second-order valence-corrected chi connectivity index (χ2v) is 21.2. The molecule has 13 rings (SSSR count). The smallest absolute Gasteiger partial charge is 0.307 e. The van der Waals surface area contributed by atoms with Crippen molar-refractivity contribution in [1.29, 1.82) is 10.5 Å². The van der Waals surface area contributed by atoms with Gasteiger partial charge in [-0.15, -0.1) is 17.4 Å². The highest BCUT2D eigenvalue weighted by Crippen LogP contribution is 2.42. The van der Waals surface area contributed by atoms with Crippen LogP contribution in [-0.4, -0.2) is 21.5 Å². The molecule has 0 saturated heterocycles. The largest absolute Gasteiger partial charge is 0.398 e. The predicted molar refractivity (Wildman–Crippen MR) is 363 cm³/mol. The van der Waals surface area contributed by atoms with Crippen LogP contribution in [0.2, 0.25) is 0 Å². The van der Waals surface area contributed by atoms with Gasteiger partial charge in [0.1, 0.15) is 23.4 Å². The van der Waals surface area contributed by atoms with Crippen LogP contribution in [0.1, 0.15) is 48.7 Å². The van der Waals surface area contributed by atoms with Gasteiger partial charge in [0, 0.05) is 56.0 Å². The van der Waals surface area contributed by atoms with Crippen molar-refractivity contribution >= 4 is 96.5 Å². The summed E-state index contributed by atoms with van der Waals surface area (Å²) in [6.45, 7) is 22.1. The number of halogens is 2. The van der Waals surface area contributed by atoms with Crippen LogP contribution in [0.25, 0.3) is 75.6 Å². The maximum atomic E-state index is 12.7. The Hall–Kier alpha value is -12.3. The summed E-state index contributed by atoms with van der Waals surface area (Å²) >= 11 is 0. The number of aryl methyl sites for hydroxylation is 4. The zero-order chi connectivity index (χ0) is 61.6. The number of hydrogen-bond donors (Lipinski definition) is 2. The number of carbonyl (C=O) groups is 2. The summed E-state index contributed by atoms with van der Waals surface area (Å²) in [6, 6.07) is 82.3. The highest BCUT2D eigenvalue weighted by atomic mass is 35.5. The fourth-order valence-electron chi connectivity index (χ4n) is 10.7. The SMILES string of the molecule is Cc1ccc(N(c2ccc(C)cc2)c2ccc(-c3ccc4c(c3)-c3ccccc3C(=O)C4=O)cc2)cc1.Cl.F.[C-]#[N+]/C(N)=C(/N)C#N.[C-]#[N+]c1nc2c3ccccc3c3cc(-c4ccc(N(c5ccc(C)cc5)c5ccc(C)cc5)cc4)ccc3c2nc1C#N. The maximum Gasteiger partial charge on any atom is 0.307 e. The molecule has 436 valence electrons. The topological polar surface area (TPSA) is 175 Å². The van der Waals surface area contributed by atoms with E-state index in [1.807, 2.05) is 54.6 Å². The highest BCUT2D eigenvalue weighted by molar-refractivity contribution is 6.53. The Kier molecular flexibility index (Phi) is 18.7. The van der Waals surface area contributed by atoms with E-state index in [1.165, 1.54) is 28.3 Å². The molecule has 0 radical (unpaired) electrons. The number of allylic oxidation sites excluding steroid dienone is 1. The number of nitrogens with two attached hydrogens (primary N) is 2. The number of aromatic nitrogens is 2. The molecule has 1 aliphatic carbocycles. The first kappa shape index (κ1) is 62.3. The lowest BCUT2D eigenvalue weighted by molar-refractivity contribution is 0.0815. The lowest BCUT2D eigenvalue weighted by atomic mass is 9.82. The zero-order valence-corrected chi connectivity index (χ0v) is 50.1. The molecule has 0 fully saturated rings. The molecular weight excluding hydrogens is 1140 g/mol. The number of fused-ring (bicyclic) bond motifs is 9. The summed E-state index contributed by atoms with van der Waals surface area (Å²) in [5.74, 6) is -1.09. The fourth-order valence-corrected chi connectivity index (χ4v) is 10.7. The number of anilines is 6. The summed E-state index contributed by atoms with van der Waals surface area (Å²) in [6.07, 6.45) is 0. The highest BCUT2D eigenvalue weighted by Gasteiger charge is 2.30. The number of ketones is 2. The van der Waals surface area contributed by atoms with E-state index in [-0.39, 0.29) is 40.1 Å². The molecule has 1 aromatic heterocycles. The lowest BCUT2D eigenvalue weighted by Gasteiger charge is -2.26. The first-order valence-corrected chi connectivity index (χ1v) is 28.1. The van der Waals surface area contributed by atoms with Crippen molar-refractivity contribution in [3.8, 4) is 45.5 Å². The predicted octanol–water partition coefficient (Wildman–Crippen LogP) is 18.7. The Balaban J connectivity index is 0.000000188. The number of Topliss-reactive ketones (excluding diaryl/α,β-unsaturated/α-hetero) is 2. The molecule has 0 amide bonds. The normalized spacial score (nSPS) is 11.2. The summed E-state index contributed by atoms with van der Waals surface area (Å²) in [5.41, 5.74) is 29.1. The van der Waals surface area contributed by atoms with Crippen LogP contribution in [0.5, 0.6) is 0 Å². The van der Waals surface area contributed by atoms with Crippen LogP contribution in [0.15, 0.2) is 242 Å².